The van der Waals surface area contributed by atoms with Crippen LogP contribution >= 0.6 is 15.9 Å². The Morgan fingerprint density at radius 2 is 1.64 bits per heavy atom. The molecule has 1 aromatic heterocycles. The molecule has 4 aromatic rings. The van der Waals surface area contributed by atoms with E-state index in [-0.39, 0.29) is 5.91 Å². The van der Waals surface area contributed by atoms with Crippen LogP contribution in [0, 0.1) is 6.92 Å². The number of nitrogens with zero attached hydrogens (tertiary/aromatic N) is 3. The van der Waals surface area contributed by atoms with Crippen molar-refractivity contribution in [2.75, 3.05) is 5.32 Å². The number of hydrogen-bond acceptors (Lipinski definition) is 4. The zero-order valence-electron chi connectivity index (χ0n) is 15.1. The van der Waals surface area contributed by atoms with Crippen LogP contribution in [-0.2, 0) is 0 Å². The van der Waals surface area contributed by atoms with Crippen molar-refractivity contribution in [3.05, 3.63) is 94.7 Å². The number of aryl methyl sites for hydroxylation is 1. The number of rotatable bonds is 4. The molecule has 1 N–H and O–H groups in total. The summed E-state index contributed by atoms with van der Waals surface area (Å²) in [5, 5.41) is 7.37. The van der Waals surface area contributed by atoms with Crippen molar-refractivity contribution < 1.29 is 4.79 Å². The molecule has 6 heteroatoms. The van der Waals surface area contributed by atoms with Gasteiger partial charge in [-0.1, -0.05) is 60.2 Å². The van der Waals surface area contributed by atoms with Gasteiger partial charge < -0.3 is 5.32 Å². The number of carbonyl (C=O) groups is 1. The number of hydrogen-bond donors (Lipinski definition) is 1. The Labute approximate surface area is 171 Å². The Hall–Kier alpha value is -3.25. The predicted octanol–water partition coefficient (Wildman–Crippen LogP) is 5.45. The molecule has 0 fully saturated rings. The van der Waals surface area contributed by atoms with Gasteiger partial charge in [0.1, 0.15) is 0 Å². The van der Waals surface area contributed by atoms with Gasteiger partial charge in [0.05, 0.1) is 0 Å². The van der Waals surface area contributed by atoms with E-state index in [9.17, 15) is 4.79 Å². The molecule has 0 saturated carbocycles. The van der Waals surface area contributed by atoms with E-state index in [2.05, 4.69) is 31.3 Å². The van der Waals surface area contributed by atoms with Crippen molar-refractivity contribution in [1.29, 1.82) is 0 Å². The van der Waals surface area contributed by atoms with Crippen molar-refractivity contribution in [1.82, 2.24) is 14.8 Å². The van der Waals surface area contributed by atoms with Crippen molar-refractivity contribution in [2.45, 2.75) is 6.92 Å². The number of benzene rings is 3. The first kappa shape index (κ1) is 18.1. The fraction of sp³-hybridized carbons (Fsp3) is 0.0455. The van der Waals surface area contributed by atoms with Crippen LogP contribution in [0.2, 0.25) is 0 Å². The smallest absolute Gasteiger partial charge is 0.281 e. The molecule has 138 valence electrons. The number of halogens is 1. The molecule has 28 heavy (non-hydrogen) atoms. The summed E-state index contributed by atoms with van der Waals surface area (Å²) in [7, 11) is 0. The third kappa shape index (κ3) is 3.87. The summed E-state index contributed by atoms with van der Waals surface area (Å²) in [6, 6.07) is 25.3. The van der Waals surface area contributed by atoms with Crippen LogP contribution in [0.15, 0.2) is 83.6 Å². The van der Waals surface area contributed by atoms with Crippen molar-refractivity contribution in [3.8, 4) is 11.1 Å². The standard InChI is InChI=1S/C22H17BrN4O/c1-15-10-12-19(13-11-15)24-22-25-21(23)26-27(22)20(28)18-9-5-8-17(14-18)16-6-3-2-4-7-16/h2-14H,1H3,(H,24,25,26). The van der Waals surface area contributed by atoms with Gasteiger partial charge in [-0.25, -0.2) is 0 Å². The SMILES string of the molecule is Cc1ccc(Nc2nc(Br)nn2C(=O)c2cccc(-c3ccccc3)c2)cc1. The second-order valence-corrected chi connectivity index (χ2v) is 7.07. The molecule has 0 atom stereocenters. The fourth-order valence-electron chi connectivity index (χ4n) is 2.86. The molecule has 0 saturated heterocycles. The summed E-state index contributed by atoms with van der Waals surface area (Å²) in [5.41, 5.74) is 4.54. The highest BCUT2D eigenvalue weighted by Crippen LogP contribution is 2.22. The summed E-state index contributed by atoms with van der Waals surface area (Å²) in [6.07, 6.45) is 0. The van der Waals surface area contributed by atoms with Gasteiger partial charge >= 0.3 is 0 Å². The molecule has 0 bridgehead atoms. The second kappa shape index (κ2) is 7.78. The quantitative estimate of drug-likeness (QED) is 0.465. The highest BCUT2D eigenvalue weighted by molar-refractivity contribution is 9.10. The Morgan fingerprint density at radius 1 is 0.929 bits per heavy atom. The Bertz CT molecular complexity index is 1120. The molecule has 5 nitrogen and oxygen atoms in total. The largest absolute Gasteiger partial charge is 0.324 e. The van der Waals surface area contributed by atoms with Crippen LogP contribution in [0.1, 0.15) is 15.9 Å². The van der Waals surface area contributed by atoms with E-state index >= 15 is 0 Å². The van der Waals surface area contributed by atoms with E-state index in [0.29, 0.717) is 16.2 Å². The molecule has 0 unspecified atom stereocenters. The molecule has 0 aliphatic rings. The summed E-state index contributed by atoms with van der Waals surface area (Å²) in [4.78, 5) is 17.4. The minimum atomic E-state index is -0.259. The molecular weight excluding hydrogens is 416 g/mol. The lowest BCUT2D eigenvalue weighted by Crippen LogP contribution is -2.16. The minimum Gasteiger partial charge on any atom is -0.324 e. The zero-order valence-corrected chi connectivity index (χ0v) is 16.7. The number of anilines is 2. The molecular formula is C22H17BrN4O. The van der Waals surface area contributed by atoms with E-state index in [4.69, 9.17) is 0 Å². The summed E-state index contributed by atoms with van der Waals surface area (Å²) in [5.74, 6) is 0.0939. The molecule has 1 heterocycles. The monoisotopic (exact) mass is 432 g/mol. The minimum absolute atomic E-state index is 0.259. The normalized spacial score (nSPS) is 10.6. The predicted molar refractivity (Wildman–Crippen MR) is 114 cm³/mol. The fourth-order valence-corrected chi connectivity index (χ4v) is 3.19. The number of nitrogens with one attached hydrogen (secondary N) is 1. The molecule has 0 aliphatic carbocycles. The van der Waals surface area contributed by atoms with Crippen molar-refractivity contribution in [3.63, 3.8) is 0 Å². The molecule has 0 amide bonds. The van der Waals surface area contributed by atoms with Crippen LogP contribution in [0.3, 0.4) is 0 Å². The average molecular weight is 433 g/mol. The van der Waals surface area contributed by atoms with Gasteiger partial charge in [0.2, 0.25) is 10.7 Å². The van der Waals surface area contributed by atoms with Gasteiger partial charge in [-0.2, -0.15) is 9.67 Å². The summed E-state index contributed by atoms with van der Waals surface area (Å²) in [6.45, 7) is 2.02. The van der Waals surface area contributed by atoms with E-state index in [1.54, 1.807) is 6.07 Å². The van der Waals surface area contributed by atoms with Gasteiger partial charge in [0.15, 0.2) is 0 Å². The van der Waals surface area contributed by atoms with Gasteiger partial charge in [-0.05, 0) is 58.2 Å². The van der Waals surface area contributed by atoms with E-state index in [1.165, 1.54) is 4.68 Å². The van der Waals surface area contributed by atoms with Gasteiger partial charge in [-0.3, -0.25) is 4.79 Å². The highest BCUT2D eigenvalue weighted by atomic mass is 79.9. The van der Waals surface area contributed by atoms with Crippen LogP contribution in [0.25, 0.3) is 11.1 Å². The summed E-state index contributed by atoms with van der Waals surface area (Å²) < 4.78 is 1.61. The molecule has 3 aromatic carbocycles. The Morgan fingerprint density at radius 3 is 2.39 bits per heavy atom. The maximum atomic E-state index is 13.1. The second-order valence-electron chi connectivity index (χ2n) is 6.36. The first-order valence-corrected chi connectivity index (χ1v) is 9.56. The van der Waals surface area contributed by atoms with Crippen LogP contribution in [0.4, 0.5) is 11.6 Å². The van der Waals surface area contributed by atoms with E-state index < -0.39 is 0 Å². The highest BCUT2D eigenvalue weighted by Gasteiger charge is 2.18. The Kier molecular flexibility index (Phi) is 5.04. The molecule has 0 aliphatic heterocycles. The zero-order chi connectivity index (χ0) is 19.5. The maximum Gasteiger partial charge on any atom is 0.281 e. The molecule has 0 spiro atoms. The van der Waals surface area contributed by atoms with Crippen LogP contribution in [-0.4, -0.2) is 20.7 Å². The Balaban J connectivity index is 1.66. The number of aromatic nitrogens is 3. The van der Waals surface area contributed by atoms with Crippen LogP contribution < -0.4 is 5.32 Å². The summed E-state index contributed by atoms with van der Waals surface area (Å²) >= 11 is 3.26. The topological polar surface area (TPSA) is 59.8 Å². The average Bonchev–Trinajstić information content (AvgIpc) is 3.10. The van der Waals surface area contributed by atoms with Crippen LogP contribution in [0.5, 0.6) is 0 Å². The van der Waals surface area contributed by atoms with Gasteiger partial charge in [-0.15, -0.1) is 5.10 Å². The lowest BCUT2D eigenvalue weighted by Gasteiger charge is -2.09. The lowest BCUT2D eigenvalue weighted by molar-refractivity contribution is 0.0947. The lowest BCUT2D eigenvalue weighted by atomic mass is 10.0. The first-order valence-electron chi connectivity index (χ1n) is 8.76. The van der Waals surface area contributed by atoms with Crippen molar-refractivity contribution >= 4 is 33.5 Å². The first-order chi connectivity index (χ1) is 13.6. The third-order valence-corrected chi connectivity index (χ3v) is 4.63. The van der Waals surface area contributed by atoms with Gasteiger partial charge in [0.25, 0.3) is 5.91 Å². The van der Waals surface area contributed by atoms with Crippen molar-refractivity contribution in [2.24, 2.45) is 0 Å². The third-order valence-electron chi connectivity index (χ3n) is 4.30. The number of carbonyl (C=O) groups excluding carboxylic acids is 1. The maximum absolute atomic E-state index is 13.1. The molecule has 0 radical (unpaired) electrons. The van der Waals surface area contributed by atoms with E-state index in [0.717, 1.165) is 22.4 Å². The van der Waals surface area contributed by atoms with E-state index in [1.807, 2.05) is 79.7 Å². The molecule has 4 rings (SSSR count). The van der Waals surface area contributed by atoms with Gasteiger partial charge in [0, 0.05) is 11.3 Å².